The van der Waals surface area contributed by atoms with Crippen LogP contribution in [0.2, 0.25) is 10.0 Å². The monoisotopic (exact) mass is 619 g/mol. The molecule has 6 aromatic rings. The van der Waals surface area contributed by atoms with E-state index < -0.39 is 0 Å². The highest BCUT2D eigenvalue weighted by Gasteiger charge is 2.17. The van der Waals surface area contributed by atoms with Crippen molar-refractivity contribution in [1.29, 1.82) is 0 Å². The predicted octanol–water partition coefficient (Wildman–Crippen LogP) is 8.44. The minimum Gasteiger partial charge on any atom is -0.337 e. The smallest absolute Gasteiger partial charge is 0.156 e. The molecule has 0 atom stereocenters. The van der Waals surface area contributed by atoms with Crippen molar-refractivity contribution in [2.75, 3.05) is 23.7 Å². The number of nitrogens with one attached hydrogen (secondary N) is 2. The van der Waals surface area contributed by atoms with Crippen LogP contribution in [0.4, 0.5) is 23.0 Å². The van der Waals surface area contributed by atoms with Gasteiger partial charge >= 0.3 is 0 Å². The molecule has 0 unspecified atom stereocenters. The fourth-order valence-corrected chi connectivity index (χ4v) is 6.19. The first-order chi connectivity index (χ1) is 21.6. The van der Waals surface area contributed by atoms with E-state index in [1.54, 1.807) is 18.5 Å². The summed E-state index contributed by atoms with van der Waals surface area (Å²) in [7, 11) is 0. The number of benzene rings is 2. The molecule has 1 aliphatic heterocycles. The Morgan fingerprint density at radius 1 is 0.727 bits per heavy atom. The molecular weight excluding hydrogens is 593 g/mol. The molecular formula is C34H27Cl2N7O. The number of pyridine rings is 4. The van der Waals surface area contributed by atoms with Crippen LogP contribution in [-0.4, -0.2) is 44.2 Å². The van der Waals surface area contributed by atoms with Gasteiger partial charge in [0, 0.05) is 58.8 Å². The van der Waals surface area contributed by atoms with Gasteiger partial charge in [-0.1, -0.05) is 47.5 Å². The first-order valence-corrected chi connectivity index (χ1v) is 15.1. The Balaban J connectivity index is 1.18. The molecule has 1 saturated heterocycles. The second-order valence-electron chi connectivity index (χ2n) is 10.8. The molecule has 44 heavy (non-hydrogen) atoms. The summed E-state index contributed by atoms with van der Waals surface area (Å²) < 4.78 is 0. The Kier molecular flexibility index (Phi) is 7.78. The molecule has 0 radical (unpaired) electrons. The zero-order valence-corrected chi connectivity index (χ0v) is 25.1. The molecule has 0 aliphatic carbocycles. The number of likely N-dealkylation sites (tertiary alicyclic amines) is 1. The average molecular weight is 621 g/mol. The van der Waals surface area contributed by atoms with Gasteiger partial charge in [0.15, 0.2) is 17.9 Å². The lowest BCUT2D eigenvalue weighted by atomic mass is 10.0. The van der Waals surface area contributed by atoms with Crippen molar-refractivity contribution in [3.8, 4) is 11.1 Å². The summed E-state index contributed by atoms with van der Waals surface area (Å²) in [5.74, 6) is 1.15. The van der Waals surface area contributed by atoms with Crippen molar-refractivity contribution in [1.82, 2.24) is 24.8 Å². The standard InChI is InChI=1S/C34H27Cl2N7O/c35-29-25(26-6-4-8-28(30(26)36)42-34-32-24(10-12-38-34)16-22(20-44)18-40-32)5-3-7-27(29)41-33-31-23(9-11-37-33)15-21(17-39-31)19-43-13-1-2-14-43/h3-12,15-18,20H,1-2,13-14,19H2,(H,37,41)(H,38,42). The highest BCUT2D eigenvalue weighted by Crippen LogP contribution is 2.42. The van der Waals surface area contributed by atoms with E-state index in [4.69, 9.17) is 28.2 Å². The fourth-order valence-electron chi connectivity index (χ4n) is 5.64. The first kappa shape index (κ1) is 28.2. The van der Waals surface area contributed by atoms with Crippen LogP contribution < -0.4 is 10.6 Å². The molecule has 0 amide bonds. The average Bonchev–Trinajstić information content (AvgIpc) is 3.56. The molecule has 10 heteroatoms. The maximum Gasteiger partial charge on any atom is 0.156 e. The van der Waals surface area contributed by atoms with E-state index in [0.29, 0.717) is 44.1 Å². The molecule has 5 heterocycles. The van der Waals surface area contributed by atoms with Crippen molar-refractivity contribution in [2.45, 2.75) is 19.4 Å². The maximum absolute atomic E-state index is 11.2. The Labute approximate surface area is 264 Å². The minimum atomic E-state index is 0.477. The number of carbonyl (C=O) groups is 1. The fraction of sp³-hybridized carbons (Fsp3) is 0.147. The number of halogens is 2. The third-order valence-electron chi connectivity index (χ3n) is 7.81. The van der Waals surface area contributed by atoms with Gasteiger partial charge in [-0.15, -0.1) is 0 Å². The molecule has 4 aromatic heterocycles. The van der Waals surface area contributed by atoms with Gasteiger partial charge in [-0.05, 0) is 67.9 Å². The third kappa shape index (κ3) is 5.55. The maximum atomic E-state index is 11.2. The van der Waals surface area contributed by atoms with Crippen LogP contribution in [0.15, 0.2) is 85.5 Å². The van der Waals surface area contributed by atoms with E-state index in [2.05, 4.69) is 36.6 Å². The molecule has 1 fully saturated rings. The molecule has 218 valence electrons. The van der Waals surface area contributed by atoms with Gasteiger partial charge < -0.3 is 10.6 Å². The van der Waals surface area contributed by atoms with Gasteiger partial charge in [0.2, 0.25) is 0 Å². The number of nitrogens with zero attached hydrogens (tertiary/aromatic N) is 5. The van der Waals surface area contributed by atoms with Crippen LogP contribution in [0.25, 0.3) is 32.9 Å². The van der Waals surface area contributed by atoms with E-state index in [0.717, 1.165) is 53.3 Å². The molecule has 0 saturated carbocycles. The lowest BCUT2D eigenvalue weighted by molar-refractivity contribution is 0.112. The number of aromatic nitrogens is 4. The number of hydrogen-bond donors (Lipinski definition) is 2. The quantitative estimate of drug-likeness (QED) is 0.164. The van der Waals surface area contributed by atoms with E-state index >= 15 is 0 Å². The Hall–Kier alpha value is -4.63. The van der Waals surface area contributed by atoms with Gasteiger partial charge in [-0.3, -0.25) is 19.7 Å². The number of rotatable bonds is 8. The SMILES string of the molecule is O=Cc1cnc2c(Nc3cccc(-c4cccc(Nc5nccc6cc(CN7CCCC7)cnc56)c4Cl)c3Cl)nccc2c1. The van der Waals surface area contributed by atoms with E-state index in [9.17, 15) is 4.79 Å². The van der Waals surface area contributed by atoms with Gasteiger partial charge in [0.05, 0.1) is 21.4 Å². The Bertz CT molecular complexity index is 2030. The van der Waals surface area contributed by atoms with Crippen LogP contribution >= 0.6 is 23.2 Å². The lowest BCUT2D eigenvalue weighted by Crippen LogP contribution is -2.18. The van der Waals surface area contributed by atoms with Gasteiger partial charge in [0.25, 0.3) is 0 Å². The summed E-state index contributed by atoms with van der Waals surface area (Å²) in [6.45, 7) is 3.18. The zero-order chi connectivity index (χ0) is 30.0. The van der Waals surface area contributed by atoms with Crippen LogP contribution in [0, 0.1) is 0 Å². The number of aldehydes is 1. The molecule has 7 rings (SSSR count). The summed E-state index contributed by atoms with van der Waals surface area (Å²) >= 11 is 14.0. The summed E-state index contributed by atoms with van der Waals surface area (Å²) in [5.41, 5.74) is 5.93. The third-order valence-corrected chi connectivity index (χ3v) is 8.63. The summed E-state index contributed by atoms with van der Waals surface area (Å²) in [5, 5.41) is 9.51. The van der Waals surface area contributed by atoms with E-state index in [1.807, 2.05) is 54.7 Å². The summed E-state index contributed by atoms with van der Waals surface area (Å²) in [6, 6.07) is 19.2. The lowest BCUT2D eigenvalue weighted by Gasteiger charge is -2.16. The normalized spacial score (nSPS) is 13.4. The highest BCUT2D eigenvalue weighted by atomic mass is 35.5. The molecule has 2 N–H and O–H groups in total. The molecule has 0 spiro atoms. The van der Waals surface area contributed by atoms with Crippen molar-refractivity contribution in [3.05, 3.63) is 107 Å². The van der Waals surface area contributed by atoms with E-state index in [-0.39, 0.29) is 0 Å². The largest absolute Gasteiger partial charge is 0.337 e. The Morgan fingerprint density at radius 3 is 1.89 bits per heavy atom. The Morgan fingerprint density at radius 2 is 1.30 bits per heavy atom. The summed E-state index contributed by atoms with van der Waals surface area (Å²) in [6.07, 6.45) is 10.2. The second kappa shape index (κ2) is 12.2. The molecule has 0 bridgehead atoms. The van der Waals surface area contributed by atoms with Crippen LogP contribution in [0.1, 0.15) is 28.8 Å². The molecule has 2 aromatic carbocycles. The van der Waals surface area contributed by atoms with Crippen LogP contribution in [0.3, 0.4) is 0 Å². The topological polar surface area (TPSA) is 95.9 Å². The van der Waals surface area contributed by atoms with Crippen molar-refractivity contribution < 1.29 is 4.79 Å². The molecule has 1 aliphatic rings. The number of anilines is 4. The minimum absolute atomic E-state index is 0.477. The van der Waals surface area contributed by atoms with Gasteiger partial charge in [0.1, 0.15) is 11.0 Å². The van der Waals surface area contributed by atoms with Crippen molar-refractivity contribution in [3.63, 3.8) is 0 Å². The number of hydrogen-bond acceptors (Lipinski definition) is 8. The first-order valence-electron chi connectivity index (χ1n) is 14.3. The predicted molar refractivity (Wildman–Crippen MR) is 177 cm³/mol. The summed E-state index contributed by atoms with van der Waals surface area (Å²) in [4.78, 5) is 31.9. The van der Waals surface area contributed by atoms with Gasteiger partial charge in [-0.2, -0.15) is 0 Å². The second-order valence-corrected chi connectivity index (χ2v) is 11.5. The zero-order valence-electron chi connectivity index (χ0n) is 23.6. The highest BCUT2D eigenvalue weighted by molar-refractivity contribution is 6.39. The van der Waals surface area contributed by atoms with Crippen molar-refractivity contribution in [2.24, 2.45) is 0 Å². The van der Waals surface area contributed by atoms with Crippen LogP contribution in [0.5, 0.6) is 0 Å². The van der Waals surface area contributed by atoms with Gasteiger partial charge in [-0.25, -0.2) is 9.97 Å². The van der Waals surface area contributed by atoms with Crippen molar-refractivity contribution >= 4 is 74.3 Å². The number of carbonyl (C=O) groups excluding carboxylic acids is 1. The van der Waals surface area contributed by atoms with E-state index in [1.165, 1.54) is 24.6 Å². The van der Waals surface area contributed by atoms with Crippen LogP contribution in [-0.2, 0) is 6.54 Å². The number of fused-ring (bicyclic) bond motifs is 2. The molecule has 8 nitrogen and oxygen atoms in total.